The Morgan fingerprint density at radius 3 is 2.76 bits per heavy atom. The van der Waals surface area contributed by atoms with Gasteiger partial charge in [-0.1, -0.05) is 25.0 Å². The van der Waals surface area contributed by atoms with Gasteiger partial charge in [0.2, 0.25) is 11.8 Å². The molecule has 1 aromatic rings. The summed E-state index contributed by atoms with van der Waals surface area (Å²) in [7, 11) is 1.62. The van der Waals surface area contributed by atoms with E-state index in [9.17, 15) is 9.59 Å². The maximum atomic E-state index is 12.4. The van der Waals surface area contributed by atoms with Crippen molar-refractivity contribution in [2.24, 2.45) is 0 Å². The average Bonchev–Trinajstić information content (AvgIpc) is 2.99. The van der Waals surface area contributed by atoms with E-state index in [-0.39, 0.29) is 18.4 Å². The number of hydrogen-bond donors (Lipinski definition) is 1. The topological polar surface area (TPSA) is 58.6 Å². The van der Waals surface area contributed by atoms with Gasteiger partial charge in [0, 0.05) is 6.54 Å². The van der Waals surface area contributed by atoms with E-state index >= 15 is 0 Å². The van der Waals surface area contributed by atoms with Gasteiger partial charge in [-0.05, 0) is 30.5 Å². The van der Waals surface area contributed by atoms with Crippen molar-refractivity contribution in [2.75, 3.05) is 13.7 Å². The molecule has 1 aliphatic carbocycles. The second-order valence-electron chi connectivity index (χ2n) is 5.75. The quantitative estimate of drug-likeness (QED) is 0.916. The van der Waals surface area contributed by atoms with Crippen molar-refractivity contribution in [1.29, 1.82) is 0 Å². The van der Waals surface area contributed by atoms with Crippen LogP contribution >= 0.6 is 0 Å². The number of hydrogen-bond acceptors (Lipinski definition) is 3. The minimum absolute atomic E-state index is 0.000630. The van der Waals surface area contributed by atoms with E-state index in [1.807, 2.05) is 24.3 Å². The monoisotopic (exact) mass is 288 g/mol. The normalized spacial score (nSPS) is 20.7. The number of methoxy groups -OCH3 is 1. The summed E-state index contributed by atoms with van der Waals surface area (Å²) in [6.07, 6.45) is 3.51. The average molecular weight is 288 g/mol. The summed E-state index contributed by atoms with van der Waals surface area (Å²) in [5.74, 6) is 0.767. The second-order valence-corrected chi connectivity index (χ2v) is 5.75. The van der Waals surface area contributed by atoms with Crippen LogP contribution in [0.15, 0.2) is 24.3 Å². The lowest BCUT2D eigenvalue weighted by molar-refractivity contribution is -0.154. The fourth-order valence-electron chi connectivity index (χ4n) is 3.43. The van der Waals surface area contributed by atoms with Crippen LogP contribution in [0, 0.1) is 0 Å². The molecule has 3 rings (SSSR count). The lowest BCUT2D eigenvalue weighted by Gasteiger charge is -2.43. The number of nitrogens with zero attached hydrogens (tertiary/aromatic N) is 1. The lowest BCUT2D eigenvalue weighted by atomic mass is 9.90. The number of amides is 2. The number of nitrogens with one attached hydrogen (secondary N) is 1. The standard InChI is InChI=1S/C16H20N2O3/c1-21-13-6-4-5-12(9-13)11-18-14(19)10-17-15(20)16(18)7-2-3-8-16/h4-6,9H,2-3,7-8,10-11H2,1H3,(H,17,20). The number of carbonyl (C=O) groups excluding carboxylic acids is 2. The van der Waals surface area contributed by atoms with Crippen molar-refractivity contribution in [3.05, 3.63) is 29.8 Å². The zero-order valence-corrected chi connectivity index (χ0v) is 12.2. The van der Waals surface area contributed by atoms with E-state index in [2.05, 4.69) is 5.32 Å². The molecule has 2 aliphatic rings. The summed E-state index contributed by atoms with van der Waals surface area (Å²) in [6.45, 7) is 0.563. The summed E-state index contributed by atoms with van der Waals surface area (Å²) < 4.78 is 5.23. The third-order valence-electron chi connectivity index (χ3n) is 4.55. The van der Waals surface area contributed by atoms with Crippen molar-refractivity contribution in [2.45, 2.75) is 37.8 Å². The summed E-state index contributed by atoms with van der Waals surface area (Å²) in [6, 6.07) is 7.66. The summed E-state index contributed by atoms with van der Waals surface area (Å²) in [5, 5.41) is 2.75. The highest BCUT2D eigenvalue weighted by atomic mass is 16.5. The molecule has 5 heteroatoms. The van der Waals surface area contributed by atoms with Gasteiger partial charge in [-0.2, -0.15) is 0 Å². The Balaban J connectivity index is 1.89. The molecule has 1 saturated heterocycles. The highest BCUT2D eigenvalue weighted by Crippen LogP contribution is 2.38. The predicted molar refractivity (Wildman–Crippen MR) is 77.8 cm³/mol. The molecule has 0 bridgehead atoms. The van der Waals surface area contributed by atoms with Crippen molar-refractivity contribution in [3.8, 4) is 5.75 Å². The molecular weight excluding hydrogens is 268 g/mol. The van der Waals surface area contributed by atoms with Crippen LogP contribution in [0.25, 0.3) is 0 Å². The first-order valence-corrected chi connectivity index (χ1v) is 7.37. The zero-order chi connectivity index (χ0) is 14.9. The number of piperazine rings is 1. The van der Waals surface area contributed by atoms with Crippen molar-refractivity contribution >= 4 is 11.8 Å². The maximum Gasteiger partial charge on any atom is 0.246 e. The van der Waals surface area contributed by atoms with E-state index in [1.54, 1.807) is 12.0 Å². The molecule has 1 saturated carbocycles. The van der Waals surface area contributed by atoms with Crippen LogP contribution in [-0.4, -0.2) is 35.9 Å². The zero-order valence-electron chi connectivity index (χ0n) is 12.2. The minimum atomic E-state index is -0.640. The third-order valence-corrected chi connectivity index (χ3v) is 4.55. The Bertz CT molecular complexity index is 564. The first-order chi connectivity index (χ1) is 10.2. The van der Waals surface area contributed by atoms with Gasteiger partial charge in [-0.3, -0.25) is 9.59 Å². The third kappa shape index (κ3) is 2.37. The van der Waals surface area contributed by atoms with Gasteiger partial charge in [0.1, 0.15) is 11.3 Å². The van der Waals surface area contributed by atoms with Crippen molar-refractivity contribution in [1.82, 2.24) is 10.2 Å². The molecule has 0 atom stereocenters. The van der Waals surface area contributed by atoms with Gasteiger partial charge in [0.15, 0.2) is 0 Å². The molecule has 0 unspecified atom stereocenters. The number of carbonyl (C=O) groups is 2. The molecule has 1 N–H and O–H groups in total. The number of benzene rings is 1. The van der Waals surface area contributed by atoms with Crippen LogP contribution < -0.4 is 10.1 Å². The van der Waals surface area contributed by atoms with Gasteiger partial charge >= 0.3 is 0 Å². The van der Waals surface area contributed by atoms with E-state index < -0.39 is 5.54 Å². The summed E-state index contributed by atoms with van der Waals surface area (Å²) >= 11 is 0. The molecule has 1 heterocycles. The first-order valence-electron chi connectivity index (χ1n) is 7.37. The van der Waals surface area contributed by atoms with Crippen LogP contribution in [0.1, 0.15) is 31.2 Å². The predicted octanol–water partition coefficient (Wildman–Crippen LogP) is 1.47. The Hall–Kier alpha value is -2.04. The van der Waals surface area contributed by atoms with Gasteiger partial charge in [0.25, 0.3) is 0 Å². The fourth-order valence-corrected chi connectivity index (χ4v) is 3.43. The van der Waals surface area contributed by atoms with Gasteiger partial charge < -0.3 is 15.0 Å². The van der Waals surface area contributed by atoms with Gasteiger partial charge in [-0.25, -0.2) is 0 Å². The maximum absolute atomic E-state index is 12.4. The van der Waals surface area contributed by atoms with Gasteiger partial charge in [-0.15, -0.1) is 0 Å². The van der Waals surface area contributed by atoms with Crippen LogP contribution in [-0.2, 0) is 16.1 Å². The summed E-state index contributed by atoms with van der Waals surface area (Å²) in [4.78, 5) is 26.5. The molecule has 1 aromatic carbocycles. The Morgan fingerprint density at radius 2 is 2.05 bits per heavy atom. The van der Waals surface area contributed by atoms with E-state index in [0.717, 1.165) is 37.0 Å². The lowest BCUT2D eigenvalue weighted by Crippen LogP contribution is -2.65. The van der Waals surface area contributed by atoms with Crippen LogP contribution in [0.4, 0.5) is 0 Å². The molecule has 21 heavy (non-hydrogen) atoms. The van der Waals surface area contributed by atoms with Crippen molar-refractivity contribution in [3.63, 3.8) is 0 Å². The SMILES string of the molecule is COc1cccc(CN2C(=O)CNC(=O)C23CCCC3)c1. The summed E-state index contributed by atoms with van der Waals surface area (Å²) in [5.41, 5.74) is 0.349. The van der Waals surface area contributed by atoms with Crippen LogP contribution in [0.5, 0.6) is 5.75 Å². The first kappa shape index (κ1) is 13.9. The Kier molecular flexibility index (Phi) is 3.57. The molecule has 0 radical (unpaired) electrons. The van der Waals surface area contributed by atoms with Gasteiger partial charge in [0.05, 0.1) is 13.7 Å². The van der Waals surface area contributed by atoms with E-state index in [4.69, 9.17) is 4.74 Å². The van der Waals surface area contributed by atoms with Crippen molar-refractivity contribution < 1.29 is 14.3 Å². The smallest absolute Gasteiger partial charge is 0.246 e. The second kappa shape index (κ2) is 5.39. The molecule has 1 spiro atoms. The largest absolute Gasteiger partial charge is 0.497 e. The number of rotatable bonds is 3. The minimum Gasteiger partial charge on any atom is -0.497 e. The molecular formula is C16H20N2O3. The fraction of sp³-hybridized carbons (Fsp3) is 0.500. The number of ether oxygens (including phenoxy) is 1. The van der Waals surface area contributed by atoms with Crippen LogP contribution in [0.3, 0.4) is 0 Å². The van der Waals surface area contributed by atoms with E-state index in [1.165, 1.54) is 0 Å². The Morgan fingerprint density at radius 1 is 1.29 bits per heavy atom. The molecule has 0 aromatic heterocycles. The van der Waals surface area contributed by atoms with Crippen LogP contribution in [0.2, 0.25) is 0 Å². The highest BCUT2D eigenvalue weighted by molar-refractivity contribution is 5.98. The molecule has 1 aliphatic heterocycles. The molecule has 2 fully saturated rings. The molecule has 2 amide bonds. The molecule has 5 nitrogen and oxygen atoms in total. The highest BCUT2D eigenvalue weighted by Gasteiger charge is 2.50. The van der Waals surface area contributed by atoms with E-state index in [0.29, 0.717) is 6.54 Å². The Labute approximate surface area is 124 Å². The molecule has 112 valence electrons.